The lowest BCUT2D eigenvalue weighted by atomic mass is 10.2. The maximum Gasteiger partial charge on any atom is 0.223 e. The Labute approximate surface area is 143 Å². The Morgan fingerprint density at radius 1 is 1.21 bits per heavy atom. The minimum atomic E-state index is 0.190. The van der Waals surface area contributed by atoms with E-state index < -0.39 is 0 Å². The molecule has 1 amide bonds. The van der Waals surface area contributed by atoms with Crippen molar-refractivity contribution < 1.29 is 9.21 Å². The minimum absolute atomic E-state index is 0.190. The van der Waals surface area contributed by atoms with Gasteiger partial charge in [-0.25, -0.2) is 9.97 Å². The van der Waals surface area contributed by atoms with Crippen molar-refractivity contribution in [2.24, 2.45) is 0 Å². The first-order valence-corrected chi connectivity index (χ1v) is 8.92. The second-order valence-corrected chi connectivity index (χ2v) is 6.70. The van der Waals surface area contributed by atoms with Gasteiger partial charge in [-0.3, -0.25) is 4.79 Å². The molecule has 24 heavy (non-hydrogen) atoms. The van der Waals surface area contributed by atoms with Gasteiger partial charge in [-0.2, -0.15) is 0 Å². The van der Waals surface area contributed by atoms with Crippen LogP contribution in [0.25, 0.3) is 10.2 Å². The molecule has 1 saturated heterocycles. The van der Waals surface area contributed by atoms with Gasteiger partial charge in [0.2, 0.25) is 5.91 Å². The standard InChI is InChI=1S/C17H18N4O2S/c22-15(4-3-13-2-1-10-23-13)20-6-8-21(9-7-20)17-16-14(5-11-24-16)18-12-19-17/h1-2,5,10-12H,3-4,6-9H2. The Kier molecular flexibility index (Phi) is 4.17. The highest BCUT2D eigenvalue weighted by molar-refractivity contribution is 7.17. The van der Waals surface area contributed by atoms with Gasteiger partial charge in [0.15, 0.2) is 0 Å². The number of rotatable bonds is 4. The number of carbonyl (C=O) groups excluding carboxylic acids is 1. The molecule has 6 nitrogen and oxygen atoms in total. The summed E-state index contributed by atoms with van der Waals surface area (Å²) in [7, 11) is 0. The van der Waals surface area contributed by atoms with E-state index in [1.54, 1.807) is 23.9 Å². The van der Waals surface area contributed by atoms with Crippen molar-refractivity contribution in [1.82, 2.24) is 14.9 Å². The van der Waals surface area contributed by atoms with Crippen molar-refractivity contribution in [3.05, 3.63) is 41.9 Å². The second-order valence-electron chi connectivity index (χ2n) is 5.78. The van der Waals surface area contributed by atoms with E-state index in [2.05, 4.69) is 14.9 Å². The zero-order chi connectivity index (χ0) is 16.4. The molecule has 0 bridgehead atoms. The van der Waals surface area contributed by atoms with Crippen LogP contribution >= 0.6 is 11.3 Å². The van der Waals surface area contributed by atoms with Gasteiger partial charge in [-0.1, -0.05) is 0 Å². The molecule has 0 N–H and O–H groups in total. The van der Waals surface area contributed by atoms with Crippen LogP contribution in [0.2, 0.25) is 0 Å². The Morgan fingerprint density at radius 3 is 2.88 bits per heavy atom. The van der Waals surface area contributed by atoms with Crippen LogP contribution in [0.5, 0.6) is 0 Å². The molecule has 0 aliphatic carbocycles. The Morgan fingerprint density at radius 2 is 2.08 bits per heavy atom. The number of aromatic nitrogens is 2. The van der Waals surface area contributed by atoms with E-state index in [4.69, 9.17) is 4.42 Å². The molecule has 0 spiro atoms. The van der Waals surface area contributed by atoms with Crippen LogP contribution in [0.3, 0.4) is 0 Å². The van der Waals surface area contributed by atoms with E-state index in [0.29, 0.717) is 12.8 Å². The van der Waals surface area contributed by atoms with E-state index >= 15 is 0 Å². The first kappa shape index (κ1) is 15.1. The summed E-state index contributed by atoms with van der Waals surface area (Å²) in [4.78, 5) is 25.3. The molecule has 4 heterocycles. The van der Waals surface area contributed by atoms with E-state index in [1.165, 1.54) is 0 Å². The van der Waals surface area contributed by atoms with E-state index in [1.807, 2.05) is 28.5 Å². The Hall–Kier alpha value is -2.41. The molecule has 0 radical (unpaired) electrons. The van der Waals surface area contributed by atoms with Crippen LogP contribution in [0.15, 0.2) is 40.6 Å². The van der Waals surface area contributed by atoms with Crippen LogP contribution in [-0.2, 0) is 11.2 Å². The van der Waals surface area contributed by atoms with E-state index in [0.717, 1.165) is 48.0 Å². The van der Waals surface area contributed by atoms with Crippen LogP contribution < -0.4 is 4.90 Å². The van der Waals surface area contributed by atoms with Crippen molar-refractivity contribution in [2.45, 2.75) is 12.8 Å². The van der Waals surface area contributed by atoms with Gasteiger partial charge in [-0.15, -0.1) is 11.3 Å². The number of nitrogens with zero attached hydrogens (tertiary/aromatic N) is 4. The molecular formula is C17H18N4O2S. The molecule has 1 aliphatic rings. The largest absolute Gasteiger partial charge is 0.469 e. The number of fused-ring (bicyclic) bond motifs is 1. The molecule has 4 rings (SSSR count). The van der Waals surface area contributed by atoms with Crippen LogP contribution in [0.4, 0.5) is 5.82 Å². The van der Waals surface area contributed by atoms with E-state index in [-0.39, 0.29) is 5.91 Å². The number of thiophene rings is 1. The quantitative estimate of drug-likeness (QED) is 0.729. The predicted octanol–water partition coefficient (Wildman–Crippen LogP) is 2.57. The smallest absolute Gasteiger partial charge is 0.223 e. The molecule has 1 fully saturated rings. The highest BCUT2D eigenvalue weighted by Crippen LogP contribution is 2.28. The minimum Gasteiger partial charge on any atom is -0.469 e. The van der Waals surface area contributed by atoms with Crippen molar-refractivity contribution in [3.63, 3.8) is 0 Å². The zero-order valence-corrected chi connectivity index (χ0v) is 14.0. The number of anilines is 1. The van der Waals surface area contributed by atoms with Gasteiger partial charge < -0.3 is 14.2 Å². The van der Waals surface area contributed by atoms with Gasteiger partial charge in [0, 0.05) is 39.0 Å². The second kappa shape index (κ2) is 6.60. The summed E-state index contributed by atoms with van der Waals surface area (Å²) in [6.07, 6.45) is 4.42. The summed E-state index contributed by atoms with van der Waals surface area (Å²) in [6.45, 7) is 3.06. The fraction of sp³-hybridized carbons (Fsp3) is 0.353. The topological polar surface area (TPSA) is 62.5 Å². The number of amides is 1. The molecule has 1 aliphatic heterocycles. The van der Waals surface area contributed by atoms with Gasteiger partial charge in [0.05, 0.1) is 16.5 Å². The van der Waals surface area contributed by atoms with Crippen molar-refractivity contribution in [1.29, 1.82) is 0 Å². The van der Waals surface area contributed by atoms with Gasteiger partial charge >= 0.3 is 0 Å². The summed E-state index contributed by atoms with van der Waals surface area (Å²) < 4.78 is 6.41. The van der Waals surface area contributed by atoms with Crippen LogP contribution in [0, 0.1) is 0 Å². The fourth-order valence-corrected chi connectivity index (χ4v) is 3.87. The maximum atomic E-state index is 12.3. The highest BCUT2D eigenvalue weighted by atomic mass is 32.1. The summed E-state index contributed by atoms with van der Waals surface area (Å²) in [5.74, 6) is 2.04. The first-order chi connectivity index (χ1) is 11.8. The molecule has 7 heteroatoms. The summed E-state index contributed by atoms with van der Waals surface area (Å²) >= 11 is 1.66. The number of piperazine rings is 1. The first-order valence-electron chi connectivity index (χ1n) is 8.04. The molecule has 0 unspecified atom stereocenters. The third-order valence-corrected chi connectivity index (χ3v) is 5.22. The van der Waals surface area contributed by atoms with Crippen LogP contribution in [-0.4, -0.2) is 47.0 Å². The van der Waals surface area contributed by atoms with Crippen molar-refractivity contribution in [3.8, 4) is 0 Å². The summed E-state index contributed by atoms with van der Waals surface area (Å²) in [6, 6.07) is 5.78. The zero-order valence-electron chi connectivity index (χ0n) is 13.2. The average Bonchev–Trinajstić information content (AvgIpc) is 3.31. The van der Waals surface area contributed by atoms with Crippen molar-refractivity contribution in [2.75, 3.05) is 31.1 Å². The SMILES string of the molecule is O=C(CCc1ccco1)N1CCN(c2ncnc3ccsc23)CC1. The fourth-order valence-electron chi connectivity index (χ4n) is 3.01. The maximum absolute atomic E-state index is 12.3. The molecule has 0 aromatic carbocycles. The predicted molar refractivity (Wildman–Crippen MR) is 93.2 cm³/mol. The monoisotopic (exact) mass is 342 g/mol. The Bertz CT molecular complexity index is 822. The number of hydrogen-bond donors (Lipinski definition) is 0. The van der Waals surface area contributed by atoms with Gasteiger partial charge in [0.25, 0.3) is 0 Å². The third kappa shape index (κ3) is 2.99. The van der Waals surface area contributed by atoms with Gasteiger partial charge in [0.1, 0.15) is 17.9 Å². The molecule has 3 aromatic rings. The number of carbonyl (C=O) groups is 1. The molecule has 0 atom stereocenters. The average molecular weight is 342 g/mol. The molecule has 3 aromatic heterocycles. The summed E-state index contributed by atoms with van der Waals surface area (Å²) in [5.41, 5.74) is 0.988. The highest BCUT2D eigenvalue weighted by Gasteiger charge is 2.23. The normalized spacial score (nSPS) is 15.2. The molecular weight excluding hydrogens is 324 g/mol. The third-order valence-electron chi connectivity index (χ3n) is 4.32. The number of aryl methyl sites for hydroxylation is 1. The van der Waals surface area contributed by atoms with Crippen molar-refractivity contribution >= 4 is 33.3 Å². The summed E-state index contributed by atoms with van der Waals surface area (Å²) in [5, 5.41) is 2.04. The lowest BCUT2D eigenvalue weighted by Crippen LogP contribution is -2.49. The molecule has 124 valence electrons. The number of furan rings is 1. The number of hydrogen-bond acceptors (Lipinski definition) is 6. The molecule has 0 saturated carbocycles. The Balaban J connectivity index is 1.36. The lowest BCUT2D eigenvalue weighted by molar-refractivity contribution is -0.131. The van der Waals surface area contributed by atoms with Crippen LogP contribution in [0.1, 0.15) is 12.2 Å². The van der Waals surface area contributed by atoms with E-state index in [9.17, 15) is 4.79 Å². The van der Waals surface area contributed by atoms with Gasteiger partial charge in [-0.05, 0) is 23.6 Å². The lowest BCUT2D eigenvalue weighted by Gasteiger charge is -2.35.